The van der Waals surface area contributed by atoms with Gasteiger partial charge in [0.2, 0.25) is 0 Å². The summed E-state index contributed by atoms with van der Waals surface area (Å²) in [4.78, 5) is 2.63. The van der Waals surface area contributed by atoms with Crippen LogP contribution in [0.3, 0.4) is 0 Å². The third-order valence-corrected chi connectivity index (χ3v) is 3.09. The summed E-state index contributed by atoms with van der Waals surface area (Å²) in [6.07, 6.45) is 7.09. The SMILES string of the molecule is C1CCN(CC2CCCN2)CC1.CC. The van der Waals surface area contributed by atoms with Gasteiger partial charge in [-0.1, -0.05) is 20.3 Å². The highest BCUT2D eigenvalue weighted by Gasteiger charge is 2.18. The Labute approximate surface area is 89.1 Å². The van der Waals surface area contributed by atoms with Crippen molar-refractivity contribution in [1.82, 2.24) is 10.2 Å². The first-order valence-electron chi connectivity index (χ1n) is 6.41. The van der Waals surface area contributed by atoms with E-state index in [1.807, 2.05) is 13.8 Å². The highest BCUT2D eigenvalue weighted by molar-refractivity contribution is 4.78. The third-order valence-electron chi connectivity index (χ3n) is 3.09. The van der Waals surface area contributed by atoms with Crippen LogP contribution in [0.5, 0.6) is 0 Å². The van der Waals surface area contributed by atoms with Gasteiger partial charge in [-0.2, -0.15) is 0 Å². The summed E-state index contributed by atoms with van der Waals surface area (Å²) in [5.74, 6) is 0. The summed E-state index contributed by atoms with van der Waals surface area (Å²) in [6.45, 7) is 9.24. The molecule has 0 spiro atoms. The van der Waals surface area contributed by atoms with Crippen LogP contribution in [-0.2, 0) is 0 Å². The van der Waals surface area contributed by atoms with Crippen LogP contribution < -0.4 is 5.32 Å². The van der Waals surface area contributed by atoms with Crippen LogP contribution in [-0.4, -0.2) is 37.1 Å². The highest BCUT2D eigenvalue weighted by atomic mass is 15.2. The quantitative estimate of drug-likeness (QED) is 0.732. The van der Waals surface area contributed by atoms with Gasteiger partial charge in [0.25, 0.3) is 0 Å². The van der Waals surface area contributed by atoms with Gasteiger partial charge < -0.3 is 10.2 Å². The van der Waals surface area contributed by atoms with Gasteiger partial charge in [0.15, 0.2) is 0 Å². The van der Waals surface area contributed by atoms with Crippen molar-refractivity contribution in [3.63, 3.8) is 0 Å². The van der Waals surface area contributed by atoms with Gasteiger partial charge in [-0.05, 0) is 45.3 Å². The number of nitrogens with zero attached hydrogens (tertiary/aromatic N) is 1. The van der Waals surface area contributed by atoms with Crippen LogP contribution in [0, 0.1) is 0 Å². The maximum absolute atomic E-state index is 3.56. The van der Waals surface area contributed by atoms with Crippen LogP contribution in [0.4, 0.5) is 0 Å². The molecule has 2 aliphatic heterocycles. The molecule has 0 saturated carbocycles. The zero-order valence-electron chi connectivity index (χ0n) is 9.89. The number of piperidine rings is 1. The average Bonchev–Trinajstić information content (AvgIpc) is 2.75. The Bertz CT molecular complexity index is 124. The molecule has 1 atom stereocenters. The van der Waals surface area contributed by atoms with E-state index in [4.69, 9.17) is 0 Å². The van der Waals surface area contributed by atoms with Crippen molar-refractivity contribution < 1.29 is 0 Å². The van der Waals surface area contributed by atoms with Gasteiger partial charge in [0, 0.05) is 12.6 Å². The number of nitrogens with one attached hydrogen (secondary N) is 1. The molecule has 0 amide bonds. The summed E-state index contributed by atoms with van der Waals surface area (Å²) >= 11 is 0. The first-order chi connectivity index (χ1) is 6.95. The third kappa shape index (κ3) is 3.97. The molecular formula is C12H26N2. The minimum atomic E-state index is 0.808. The molecule has 0 aromatic carbocycles. The van der Waals surface area contributed by atoms with Crippen LogP contribution in [0.25, 0.3) is 0 Å². The molecule has 0 bridgehead atoms. The highest BCUT2D eigenvalue weighted by Crippen LogP contribution is 2.12. The van der Waals surface area contributed by atoms with Crippen LogP contribution in [0.2, 0.25) is 0 Å². The summed E-state index contributed by atoms with van der Waals surface area (Å²) in [7, 11) is 0. The molecule has 2 aliphatic rings. The Morgan fingerprint density at radius 3 is 2.36 bits per heavy atom. The molecule has 2 rings (SSSR count). The molecule has 0 aliphatic carbocycles. The monoisotopic (exact) mass is 198 g/mol. The largest absolute Gasteiger partial charge is 0.313 e. The molecule has 0 radical (unpaired) electrons. The molecule has 2 heteroatoms. The second kappa shape index (κ2) is 7.24. The second-order valence-corrected chi connectivity index (χ2v) is 4.15. The Morgan fingerprint density at radius 1 is 1.07 bits per heavy atom. The van der Waals surface area contributed by atoms with Crippen molar-refractivity contribution in [2.45, 2.75) is 52.0 Å². The Morgan fingerprint density at radius 2 is 1.79 bits per heavy atom. The van der Waals surface area contributed by atoms with E-state index in [0.29, 0.717) is 0 Å². The molecule has 2 fully saturated rings. The molecule has 2 nitrogen and oxygen atoms in total. The fourth-order valence-corrected chi connectivity index (χ4v) is 2.37. The van der Waals surface area contributed by atoms with E-state index < -0.39 is 0 Å². The van der Waals surface area contributed by atoms with Gasteiger partial charge in [0.1, 0.15) is 0 Å². The first kappa shape index (κ1) is 12.0. The van der Waals surface area contributed by atoms with E-state index in [-0.39, 0.29) is 0 Å². The maximum Gasteiger partial charge on any atom is 0.0195 e. The summed E-state index contributed by atoms with van der Waals surface area (Å²) in [5, 5.41) is 3.56. The normalized spacial score (nSPS) is 28.3. The Hall–Kier alpha value is -0.0800. The van der Waals surface area contributed by atoms with Crippen molar-refractivity contribution >= 4 is 0 Å². The Kier molecular flexibility index (Phi) is 6.20. The Balaban J connectivity index is 0.000000461. The lowest BCUT2D eigenvalue weighted by Crippen LogP contribution is -2.40. The van der Waals surface area contributed by atoms with E-state index in [2.05, 4.69) is 10.2 Å². The van der Waals surface area contributed by atoms with Crippen LogP contribution in [0.15, 0.2) is 0 Å². The van der Waals surface area contributed by atoms with Crippen molar-refractivity contribution in [1.29, 1.82) is 0 Å². The zero-order valence-corrected chi connectivity index (χ0v) is 9.89. The molecule has 1 N–H and O–H groups in total. The topological polar surface area (TPSA) is 15.3 Å². The second-order valence-electron chi connectivity index (χ2n) is 4.15. The molecule has 2 heterocycles. The predicted octanol–water partition coefficient (Wildman–Crippen LogP) is 2.25. The number of hydrogen-bond donors (Lipinski definition) is 1. The van der Waals surface area contributed by atoms with E-state index in [0.717, 1.165) is 6.04 Å². The van der Waals surface area contributed by atoms with Crippen molar-refractivity contribution in [3.05, 3.63) is 0 Å². The van der Waals surface area contributed by atoms with Gasteiger partial charge in [-0.15, -0.1) is 0 Å². The molecule has 2 saturated heterocycles. The van der Waals surface area contributed by atoms with Gasteiger partial charge in [0.05, 0.1) is 0 Å². The summed E-state index contributed by atoms with van der Waals surface area (Å²) in [6, 6.07) is 0.808. The fourth-order valence-electron chi connectivity index (χ4n) is 2.37. The van der Waals surface area contributed by atoms with E-state index in [1.165, 1.54) is 58.3 Å². The van der Waals surface area contributed by atoms with E-state index in [1.54, 1.807) is 0 Å². The lowest BCUT2D eigenvalue weighted by Gasteiger charge is -2.28. The lowest BCUT2D eigenvalue weighted by atomic mass is 10.1. The maximum atomic E-state index is 3.56. The molecule has 0 aromatic rings. The number of rotatable bonds is 2. The molecule has 1 unspecified atom stereocenters. The van der Waals surface area contributed by atoms with Crippen molar-refractivity contribution in [2.24, 2.45) is 0 Å². The van der Waals surface area contributed by atoms with Gasteiger partial charge >= 0.3 is 0 Å². The number of hydrogen-bond acceptors (Lipinski definition) is 2. The zero-order chi connectivity index (χ0) is 10.2. The standard InChI is InChI=1S/C10H20N2.C2H6/c1-2-7-12(8-3-1)9-10-5-4-6-11-10;1-2/h10-11H,1-9H2;1-2H3. The molecular weight excluding hydrogens is 172 g/mol. The first-order valence-corrected chi connectivity index (χ1v) is 6.41. The van der Waals surface area contributed by atoms with Crippen molar-refractivity contribution in [2.75, 3.05) is 26.2 Å². The smallest absolute Gasteiger partial charge is 0.0195 e. The average molecular weight is 198 g/mol. The van der Waals surface area contributed by atoms with Crippen molar-refractivity contribution in [3.8, 4) is 0 Å². The molecule has 84 valence electrons. The summed E-state index contributed by atoms with van der Waals surface area (Å²) < 4.78 is 0. The molecule has 0 aromatic heterocycles. The fraction of sp³-hybridized carbons (Fsp3) is 1.00. The van der Waals surface area contributed by atoms with E-state index in [9.17, 15) is 0 Å². The minimum absolute atomic E-state index is 0.808. The molecule has 14 heavy (non-hydrogen) atoms. The lowest BCUT2D eigenvalue weighted by molar-refractivity contribution is 0.210. The predicted molar refractivity (Wildman–Crippen MR) is 62.7 cm³/mol. The van der Waals surface area contributed by atoms with E-state index >= 15 is 0 Å². The van der Waals surface area contributed by atoms with Crippen LogP contribution >= 0.6 is 0 Å². The van der Waals surface area contributed by atoms with Gasteiger partial charge in [-0.3, -0.25) is 0 Å². The minimum Gasteiger partial charge on any atom is -0.313 e. The van der Waals surface area contributed by atoms with Gasteiger partial charge in [-0.25, -0.2) is 0 Å². The summed E-state index contributed by atoms with van der Waals surface area (Å²) in [5.41, 5.74) is 0. The van der Waals surface area contributed by atoms with Crippen LogP contribution in [0.1, 0.15) is 46.0 Å². The number of likely N-dealkylation sites (tertiary alicyclic amines) is 1.